The van der Waals surface area contributed by atoms with Gasteiger partial charge >= 0.3 is 0 Å². The molecule has 0 atom stereocenters. The molecule has 5 aromatic carbocycles. The summed E-state index contributed by atoms with van der Waals surface area (Å²) in [6.45, 7) is 0. The maximum Gasteiger partial charge on any atom is 0.186 e. The van der Waals surface area contributed by atoms with E-state index in [0.29, 0.717) is 11.1 Å². The number of rotatable bonds is 7. The third-order valence-corrected chi connectivity index (χ3v) is 5.92. The largest absolute Gasteiger partial charge is 0.311 e. The molecule has 0 aliphatic heterocycles. The molecule has 35 heavy (non-hydrogen) atoms. The SMILES string of the molecule is O=Cc1cc2ccccc2cc1C(=O)/C=C/c1ccc(N(c2ccccc2)c2ccccc2)cc1. The quantitative estimate of drug-likeness (QED) is 0.142. The van der Waals surface area contributed by atoms with Crippen LogP contribution in [0.25, 0.3) is 16.8 Å². The maximum absolute atomic E-state index is 12.9. The van der Waals surface area contributed by atoms with Gasteiger partial charge in [0, 0.05) is 28.2 Å². The van der Waals surface area contributed by atoms with Crippen molar-refractivity contribution in [3.8, 4) is 0 Å². The summed E-state index contributed by atoms with van der Waals surface area (Å²) >= 11 is 0. The van der Waals surface area contributed by atoms with Crippen LogP contribution in [-0.2, 0) is 0 Å². The Morgan fingerprint density at radius 1 is 0.600 bits per heavy atom. The second-order valence-electron chi connectivity index (χ2n) is 8.20. The van der Waals surface area contributed by atoms with Crippen molar-refractivity contribution < 1.29 is 9.59 Å². The van der Waals surface area contributed by atoms with Crippen LogP contribution in [0.2, 0.25) is 0 Å². The van der Waals surface area contributed by atoms with Gasteiger partial charge in [0.05, 0.1) is 0 Å². The second-order valence-corrected chi connectivity index (χ2v) is 8.20. The lowest BCUT2D eigenvalue weighted by Crippen LogP contribution is -2.09. The topological polar surface area (TPSA) is 37.4 Å². The Hall–Kier alpha value is -4.76. The molecule has 0 aliphatic rings. The van der Waals surface area contributed by atoms with Crippen molar-refractivity contribution in [3.05, 3.63) is 144 Å². The number of ketones is 1. The van der Waals surface area contributed by atoms with Crippen molar-refractivity contribution in [3.63, 3.8) is 0 Å². The number of aldehydes is 1. The van der Waals surface area contributed by atoms with Crippen LogP contribution < -0.4 is 4.90 Å². The molecule has 0 amide bonds. The van der Waals surface area contributed by atoms with Gasteiger partial charge in [-0.2, -0.15) is 0 Å². The number of para-hydroxylation sites is 2. The third-order valence-electron chi connectivity index (χ3n) is 5.92. The lowest BCUT2D eigenvalue weighted by atomic mass is 9.98. The number of fused-ring (bicyclic) bond motifs is 1. The minimum Gasteiger partial charge on any atom is -0.311 e. The van der Waals surface area contributed by atoms with Gasteiger partial charge in [0.15, 0.2) is 12.1 Å². The standard InChI is InChI=1S/C32H23NO2/c34-23-27-21-25-9-7-8-10-26(25)22-31(27)32(35)20-17-24-15-18-30(19-16-24)33(28-11-3-1-4-12-28)29-13-5-2-6-14-29/h1-23H/b20-17+. The number of carbonyl (C=O) groups is 2. The van der Waals surface area contributed by atoms with Crippen LogP contribution in [0.4, 0.5) is 17.1 Å². The van der Waals surface area contributed by atoms with Gasteiger partial charge in [0.2, 0.25) is 0 Å². The zero-order chi connectivity index (χ0) is 24.0. The van der Waals surface area contributed by atoms with Crippen LogP contribution in [0, 0.1) is 0 Å². The lowest BCUT2D eigenvalue weighted by molar-refractivity contribution is 0.103. The van der Waals surface area contributed by atoms with Crippen LogP contribution in [0.15, 0.2) is 127 Å². The van der Waals surface area contributed by atoms with E-state index in [9.17, 15) is 9.59 Å². The van der Waals surface area contributed by atoms with Gasteiger partial charge < -0.3 is 4.90 Å². The average Bonchev–Trinajstić information content (AvgIpc) is 2.93. The van der Waals surface area contributed by atoms with Gasteiger partial charge in [0.1, 0.15) is 0 Å². The fraction of sp³-hybridized carbons (Fsp3) is 0. The van der Waals surface area contributed by atoms with Crippen molar-refractivity contribution in [1.82, 2.24) is 0 Å². The normalized spacial score (nSPS) is 11.0. The molecular weight excluding hydrogens is 430 g/mol. The van der Waals surface area contributed by atoms with Crippen LogP contribution in [0.5, 0.6) is 0 Å². The van der Waals surface area contributed by atoms with E-state index in [4.69, 9.17) is 0 Å². The van der Waals surface area contributed by atoms with Gasteiger partial charge in [0.25, 0.3) is 0 Å². The van der Waals surface area contributed by atoms with Crippen molar-refractivity contribution in [2.75, 3.05) is 4.90 Å². The first-order valence-electron chi connectivity index (χ1n) is 11.4. The molecule has 5 aromatic rings. The van der Waals surface area contributed by atoms with E-state index in [1.807, 2.05) is 84.9 Å². The van der Waals surface area contributed by atoms with Crippen molar-refractivity contribution >= 4 is 46.0 Å². The van der Waals surface area contributed by atoms with E-state index in [1.165, 1.54) is 6.08 Å². The number of carbonyl (C=O) groups excluding carboxylic acids is 2. The number of anilines is 3. The predicted octanol–water partition coefficient (Wildman–Crippen LogP) is 8.02. The molecule has 168 valence electrons. The summed E-state index contributed by atoms with van der Waals surface area (Å²) in [6.07, 6.45) is 4.05. The Balaban J connectivity index is 1.42. The Kier molecular flexibility index (Phi) is 6.31. The fourth-order valence-corrected chi connectivity index (χ4v) is 4.17. The lowest BCUT2D eigenvalue weighted by Gasteiger charge is -2.25. The summed E-state index contributed by atoms with van der Waals surface area (Å²) < 4.78 is 0. The number of nitrogens with zero attached hydrogens (tertiary/aromatic N) is 1. The van der Waals surface area contributed by atoms with Crippen molar-refractivity contribution in [2.45, 2.75) is 0 Å². The van der Waals surface area contributed by atoms with Crippen LogP contribution in [0.3, 0.4) is 0 Å². The zero-order valence-electron chi connectivity index (χ0n) is 19.0. The summed E-state index contributed by atoms with van der Waals surface area (Å²) in [5.41, 5.74) is 4.85. The molecule has 5 rings (SSSR count). The molecule has 3 heteroatoms. The number of allylic oxidation sites excluding steroid dienone is 1. The minimum absolute atomic E-state index is 0.197. The first kappa shape index (κ1) is 22.1. The first-order valence-corrected chi connectivity index (χ1v) is 11.4. The van der Waals surface area contributed by atoms with E-state index in [2.05, 4.69) is 29.2 Å². The molecule has 0 bridgehead atoms. The van der Waals surface area contributed by atoms with Crippen molar-refractivity contribution in [1.29, 1.82) is 0 Å². The Labute approximate surface area is 204 Å². The third kappa shape index (κ3) is 4.80. The second kappa shape index (κ2) is 10.0. The summed E-state index contributed by atoms with van der Waals surface area (Å²) in [5.74, 6) is -0.197. The first-order chi connectivity index (χ1) is 17.2. The number of hydrogen-bond donors (Lipinski definition) is 0. The monoisotopic (exact) mass is 453 g/mol. The van der Waals surface area contributed by atoms with E-state index in [1.54, 1.807) is 18.2 Å². The highest BCUT2D eigenvalue weighted by Gasteiger charge is 2.12. The fourth-order valence-electron chi connectivity index (χ4n) is 4.17. The molecule has 3 nitrogen and oxygen atoms in total. The van der Waals surface area contributed by atoms with Gasteiger partial charge in [-0.1, -0.05) is 78.9 Å². The summed E-state index contributed by atoms with van der Waals surface area (Å²) in [4.78, 5) is 26.7. The van der Waals surface area contributed by atoms with Gasteiger partial charge in [-0.15, -0.1) is 0 Å². The van der Waals surface area contributed by atoms with E-state index >= 15 is 0 Å². The average molecular weight is 454 g/mol. The highest BCUT2D eigenvalue weighted by Crippen LogP contribution is 2.34. The predicted molar refractivity (Wildman–Crippen MR) is 144 cm³/mol. The Morgan fingerprint density at radius 3 is 1.69 bits per heavy atom. The van der Waals surface area contributed by atoms with Gasteiger partial charge in [-0.05, 0) is 70.9 Å². The molecule has 0 spiro atoms. The zero-order valence-corrected chi connectivity index (χ0v) is 19.0. The number of hydrogen-bond acceptors (Lipinski definition) is 3. The number of benzene rings is 5. The summed E-state index contributed by atoms with van der Waals surface area (Å²) in [7, 11) is 0. The minimum atomic E-state index is -0.197. The molecular formula is C32H23NO2. The van der Waals surface area contributed by atoms with Crippen LogP contribution >= 0.6 is 0 Å². The van der Waals surface area contributed by atoms with Crippen molar-refractivity contribution in [2.24, 2.45) is 0 Å². The molecule has 0 unspecified atom stereocenters. The van der Waals surface area contributed by atoms with E-state index < -0.39 is 0 Å². The molecule has 0 N–H and O–H groups in total. The summed E-state index contributed by atoms with van der Waals surface area (Å²) in [5, 5.41) is 1.87. The highest BCUT2D eigenvalue weighted by molar-refractivity contribution is 6.13. The smallest absolute Gasteiger partial charge is 0.186 e. The summed E-state index contributed by atoms with van der Waals surface area (Å²) in [6, 6.07) is 39.7. The molecule has 0 fully saturated rings. The van der Waals surface area contributed by atoms with Crippen LogP contribution in [-0.4, -0.2) is 12.1 Å². The molecule has 0 heterocycles. The molecule has 0 radical (unpaired) electrons. The molecule has 0 saturated heterocycles. The van der Waals surface area contributed by atoms with E-state index in [0.717, 1.165) is 39.7 Å². The Morgan fingerprint density at radius 2 is 1.11 bits per heavy atom. The molecule has 0 aromatic heterocycles. The van der Waals surface area contributed by atoms with Gasteiger partial charge in [-0.3, -0.25) is 9.59 Å². The maximum atomic E-state index is 12.9. The highest BCUT2D eigenvalue weighted by atomic mass is 16.1. The molecule has 0 aliphatic carbocycles. The van der Waals surface area contributed by atoms with E-state index in [-0.39, 0.29) is 5.78 Å². The Bertz CT molecular complexity index is 1470. The molecule has 0 saturated carbocycles. The van der Waals surface area contributed by atoms with Crippen LogP contribution in [0.1, 0.15) is 26.3 Å². The van der Waals surface area contributed by atoms with Gasteiger partial charge in [-0.25, -0.2) is 0 Å².